The first-order chi connectivity index (χ1) is 9.30. The second-order valence-electron chi connectivity index (χ2n) is 5.87. The van der Waals surface area contributed by atoms with Crippen molar-refractivity contribution in [2.45, 2.75) is 18.3 Å². The molecule has 4 nitrogen and oxygen atoms in total. The van der Waals surface area contributed by atoms with Gasteiger partial charge in [-0.05, 0) is 30.5 Å². The minimum Gasteiger partial charge on any atom is -0.486 e. The van der Waals surface area contributed by atoms with E-state index in [1.807, 2.05) is 6.07 Å². The Balaban J connectivity index is 1.75. The summed E-state index contributed by atoms with van der Waals surface area (Å²) in [7, 11) is 0. The van der Waals surface area contributed by atoms with Gasteiger partial charge in [0.2, 0.25) is 0 Å². The summed E-state index contributed by atoms with van der Waals surface area (Å²) in [5.74, 6) is 1.64. The van der Waals surface area contributed by atoms with Crippen molar-refractivity contribution < 1.29 is 19.3 Å². The lowest BCUT2D eigenvalue weighted by Gasteiger charge is -2.48. The molecule has 0 radical (unpaired) electrons. The Kier molecular flexibility index (Phi) is 2.35. The summed E-state index contributed by atoms with van der Waals surface area (Å²) in [6.07, 6.45) is 2.17. The topological polar surface area (TPSA) is 47.9 Å². The van der Waals surface area contributed by atoms with Crippen LogP contribution in [-0.2, 0) is 10.2 Å². The number of benzene rings is 1. The third-order valence-electron chi connectivity index (χ3n) is 4.96. The number of aliphatic hydroxyl groups is 1. The van der Waals surface area contributed by atoms with E-state index in [4.69, 9.17) is 14.2 Å². The minimum atomic E-state index is -0.0302. The molecule has 0 bridgehead atoms. The highest BCUT2D eigenvalue weighted by Crippen LogP contribution is 2.62. The third kappa shape index (κ3) is 1.47. The Labute approximate surface area is 112 Å². The average molecular weight is 262 g/mol. The normalized spacial score (nSPS) is 25.5. The van der Waals surface area contributed by atoms with Crippen LogP contribution in [0.3, 0.4) is 0 Å². The average Bonchev–Trinajstić information content (AvgIpc) is 3.19. The largest absolute Gasteiger partial charge is 0.486 e. The monoisotopic (exact) mass is 262 g/mol. The van der Waals surface area contributed by atoms with Crippen LogP contribution >= 0.6 is 0 Å². The molecule has 102 valence electrons. The molecular weight excluding hydrogens is 244 g/mol. The van der Waals surface area contributed by atoms with Gasteiger partial charge in [-0.25, -0.2) is 0 Å². The van der Waals surface area contributed by atoms with E-state index in [0.717, 1.165) is 24.3 Å². The minimum absolute atomic E-state index is 0.0228. The quantitative estimate of drug-likeness (QED) is 0.896. The van der Waals surface area contributed by atoms with Crippen molar-refractivity contribution in [2.24, 2.45) is 5.41 Å². The van der Waals surface area contributed by atoms with Gasteiger partial charge < -0.3 is 19.3 Å². The molecule has 1 N–H and O–H groups in total. The first-order valence-electron chi connectivity index (χ1n) is 6.88. The highest BCUT2D eigenvalue weighted by molar-refractivity contribution is 5.48. The highest BCUT2D eigenvalue weighted by atomic mass is 16.6. The van der Waals surface area contributed by atoms with Crippen molar-refractivity contribution in [1.82, 2.24) is 0 Å². The molecule has 1 aliphatic carbocycles. The molecule has 3 aliphatic rings. The van der Waals surface area contributed by atoms with E-state index in [2.05, 4.69) is 12.1 Å². The van der Waals surface area contributed by atoms with Gasteiger partial charge in [-0.1, -0.05) is 6.07 Å². The first-order valence-corrected chi connectivity index (χ1v) is 6.88. The van der Waals surface area contributed by atoms with Gasteiger partial charge in [0.15, 0.2) is 11.5 Å². The Morgan fingerprint density at radius 3 is 2.37 bits per heavy atom. The molecule has 4 heteroatoms. The van der Waals surface area contributed by atoms with E-state index in [0.29, 0.717) is 26.4 Å². The predicted molar refractivity (Wildman–Crippen MR) is 68.7 cm³/mol. The zero-order valence-electron chi connectivity index (χ0n) is 10.9. The molecule has 2 heterocycles. The van der Waals surface area contributed by atoms with Gasteiger partial charge in [0.1, 0.15) is 13.2 Å². The summed E-state index contributed by atoms with van der Waals surface area (Å²) in [6.45, 7) is 2.86. The van der Waals surface area contributed by atoms with Crippen LogP contribution in [0.5, 0.6) is 11.5 Å². The third-order valence-corrected chi connectivity index (χ3v) is 4.96. The van der Waals surface area contributed by atoms with E-state index in [9.17, 15) is 5.11 Å². The molecule has 1 aromatic rings. The second-order valence-corrected chi connectivity index (χ2v) is 5.87. The number of fused-ring (bicyclic) bond motifs is 1. The fourth-order valence-corrected chi connectivity index (χ4v) is 3.37. The zero-order valence-corrected chi connectivity index (χ0v) is 10.9. The lowest BCUT2D eigenvalue weighted by Crippen LogP contribution is -2.55. The van der Waals surface area contributed by atoms with Crippen molar-refractivity contribution in [3.63, 3.8) is 0 Å². The van der Waals surface area contributed by atoms with E-state index in [1.165, 1.54) is 5.56 Å². The molecular formula is C15H18O4. The van der Waals surface area contributed by atoms with Gasteiger partial charge in [0, 0.05) is 17.4 Å². The highest BCUT2D eigenvalue weighted by Gasteiger charge is 2.63. The molecule has 2 fully saturated rings. The molecule has 1 saturated heterocycles. The summed E-state index contributed by atoms with van der Waals surface area (Å²) in [4.78, 5) is 0. The molecule has 19 heavy (non-hydrogen) atoms. The summed E-state index contributed by atoms with van der Waals surface area (Å²) >= 11 is 0. The van der Waals surface area contributed by atoms with E-state index >= 15 is 0 Å². The van der Waals surface area contributed by atoms with Gasteiger partial charge in [-0.2, -0.15) is 0 Å². The van der Waals surface area contributed by atoms with Crippen LogP contribution in [-0.4, -0.2) is 38.1 Å². The zero-order chi connectivity index (χ0) is 12.9. The van der Waals surface area contributed by atoms with Gasteiger partial charge >= 0.3 is 0 Å². The summed E-state index contributed by atoms with van der Waals surface area (Å²) in [5, 5.41) is 9.75. The number of aliphatic hydroxyl groups excluding tert-OH is 1. The maximum Gasteiger partial charge on any atom is 0.161 e. The van der Waals surface area contributed by atoms with Crippen molar-refractivity contribution in [1.29, 1.82) is 0 Å². The van der Waals surface area contributed by atoms with E-state index in [1.54, 1.807) is 0 Å². The molecule has 0 spiro atoms. The first kappa shape index (κ1) is 11.6. The Bertz CT molecular complexity index is 503. The Hall–Kier alpha value is -1.26. The van der Waals surface area contributed by atoms with Crippen LogP contribution in [0.1, 0.15) is 18.4 Å². The number of ether oxygens (including phenoxy) is 3. The Morgan fingerprint density at radius 1 is 1.05 bits per heavy atom. The van der Waals surface area contributed by atoms with Crippen LogP contribution in [0.15, 0.2) is 18.2 Å². The standard InChI is InChI=1S/C15H18O4/c16-8-14(3-4-14)15(9-17-10-15)11-1-2-12-13(7-11)19-6-5-18-12/h1-2,7,16H,3-6,8-10H2. The molecule has 2 aliphatic heterocycles. The van der Waals surface area contributed by atoms with E-state index < -0.39 is 0 Å². The van der Waals surface area contributed by atoms with Crippen molar-refractivity contribution in [2.75, 3.05) is 33.0 Å². The summed E-state index contributed by atoms with van der Waals surface area (Å²) in [5.41, 5.74) is 1.21. The smallest absolute Gasteiger partial charge is 0.161 e. The SMILES string of the molecule is OCC1(C2(c3ccc4c(c3)OCCO4)COC2)CC1. The molecule has 0 aromatic heterocycles. The van der Waals surface area contributed by atoms with Gasteiger partial charge in [-0.3, -0.25) is 0 Å². The van der Waals surface area contributed by atoms with Crippen LogP contribution < -0.4 is 9.47 Å². The molecule has 1 aromatic carbocycles. The van der Waals surface area contributed by atoms with Crippen molar-refractivity contribution in [3.8, 4) is 11.5 Å². The van der Waals surface area contributed by atoms with Crippen molar-refractivity contribution >= 4 is 0 Å². The van der Waals surface area contributed by atoms with Crippen LogP contribution in [0.25, 0.3) is 0 Å². The van der Waals surface area contributed by atoms with Crippen LogP contribution in [0.4, 0.5) is 0 Å². The second kappa shape index (κ2) is 3.87. The maximum absolute atomic E-state index is 9.75. The lowest BCUT2D eigenvalue weighted by atomic mass is 9.66. The number of hydrogen-bond donors (Lipinski definition) is 1. The molecule has 4 rings (SSSR count). The predicted octanol–water partition coefficient (Wildman–Crippen LogP) is 1.50. The number of hydrogen-bond acceptors (Lipinski definition) is 4. The van der Waals surface area contributed by atoms with Crippen molar-refractivity contribution in [3.05, 3.63) is 23.8 Å². The van der Waals surface area contributed by atoms with Crippen LogP contribution in [0, 0.1) is 5.41 Å². The fraction of sp³-hybridized carbons (Fsp3) is 0.600. The molecule has 1 saturated carbocycles. The lowest BCUT2D eigenvalue weighted by molar-refractivity contribution is -0.110. The fourth-order valence-electron chi connectivity index (χ4n) is 3.37. The van der Waals surface area contributed by atoms with Crippen LogP contribution in [0.2, 0.25) is 0 Å². The summed E-state index contributed by atoms with van der Waals surface area (Å²) < 4.78 is 16.7. The molecule has 0 atom stereocenters. The molecule has 0 unspecified atom stereocenters. The summed E-state index contributed by atoms with van der Waals surface area (Å²) in [6, 6.07) is 6.16. The Morgan fingerprint density at radius 2 is 1.79 bits per heavy atom. The van der Waals surface area contributed by atoms with E-state index in [-0.39, 0.29) is 17.4 Å². The number of rotatable bonds is 3. The van der Waals surface area contributed by atoms with Gasteiger partial charge in [-0.15, -0.1) is 0 Å². The van der Waals surface area contributed by atoms with Gasteiger partial charge in [0.25, 0.3) is 0 Å². The molecule has 0 amide bonds. The maximum atomic E-state index is 9.75. The van der Waals surface area contributed by atoms with Gasteiger partial charge in [0.05, 0.1) is 13.2 Å².